The van der Waals surface area contributed by atoms with Crippen molar-refractivity contribution in [3.8, 4) is 5.75 Å². The summed E-state index contributed by atoms with van der Waals surface area (Å²) in [7, 11) is 0. The number of nitrogens with one attached hydrogen (secondary N) is 1. The van der Waals surface area contributed by atoms with Gasteiger partial charge in [-0.3, -0.25) is 4.79 Å². The molecule has 5 nitrogen and oxygen atoms in total. The minimum Gasteiger partial charge on any atom is -0.484 e. The zero-order valence-electron chi connectivity index (χ0n) is 15.9. The summed E-state index contributed by atoms with van der Waals surface area (Å²) < 4.78 is 5.60. The minimum absolute atomic E-state index is 0.0426. The van der Waals surface area contributed by atoms with Gasteiger partial charge in [-0.05, 0) is 43.3 Å². The number of ether oxygens (including phenoxy) is 1. The van der Waals surface area contributed by atoms with Crippen LogP contribution in [0.3, 0.4) is 0 Å². The van der Waals surface area contributed by atoms with Gasteiger partial charge in [0.15, 0.2) is 6.61 Å². The first-order valence-electron chi connectivity index (χ1n) is 9.32. The average Bonchev–Trinajstić information content (AvgIpc) is 2.67. The summed E-state index contributed by atoms with van der Waals surface area (Å²) in [4.78, 5) is 17.1. The number of carbonyl (C=O) groups is 1. The van der Waals surface area contributed by atoms with Crippen LogP contribution in [-0.2, 0) is 4.79 Å². The van der Waals surface area contributed by atoms with E-state index in [9.17, 15) is 4.79 Å². The number of likely N-dealkylation sites (N-methyl/N-ethyl adjacent to an activating group) is 1. The van der Waals surface area contributed by atoms with Crippen LogP contribution in [0.15, 0.2) is 42.5 Å². The Labute approximate surface area is 165 Å². The Balaban J connectivity index is 1.66. The van der Waals surface area contributed by atoms with Crippen LogP contribution in [0, 0.1) is 6.92 Å². The largest absolute Gasteiger partial charge is 0.484 e. The second kappa shape index (κ2) is 9.11. The Morgan fingerprint density at radius 3 is 2.59 bits per heavy atom. The summed E-state index contributed by atoms with van der Waals surface area (Å²) in [5, 5.41) is 3.61. The van der Waals surface area contributed by atoms with E-state index in [0.717, 1.165) is 49.7 Å². The van der Waals surface area contributed by atoms with Crippen molar-refractivity contribution in [1.82, 2.24) is 4.90 Å². The molecule has 0 spiro atoms. The van der Waals surface area contributed by atoms with E-state index in [-0.39, 0.29) is 12.5 Å². The highest BCUT2D eigenvalue weighted by molar-refractivity contribution is 6.34. The number of nitrogens with zero attached hydrogens (tertiary/aromatic N) is 2. The molecule has 0 unspecified atom stereocenters. The fraction of sp³-hybridized carbons (Fsp3) is 0.381. The monoisotopic (exact) mass is 387 g/mol. The van der Waals surface area contributed by atoms with E-state index in [1.54, 1.807) is 0 Å². The van der Waals surface area contributed by atoms with Gasteiger partial charge in [0.25, 0.3) is 5.91 Å². The smallest absolute Gasteiger partial charge is 0.262 e. The second-order valence-electron chi connectivity index (χ2n) is 6.71. The Hall–Kier alpha value is -2.24. The molecule has 1 aliphatic rings. The lowest BCUT2D eigenvalue weighted by Crippen LogP contribution is -2.46. The lowest BCUT2D eigenvalue weighted by molar-refractivity contribution is -0.118. The van der Waals surface area contributed by atoms with Gasteiger partial charge in [-0.1, -0.05) is 36.7 Å². The van der Waals surface area contributed by atoms with Crippen molar-refractivity contribution >= 4 is 28.9 Å². The number of carbonyl (C=O) groups excluding carboxylic acids is 1. The first kappa shape index (κ1) is 19.5. The van der Waals surface area contributed by atoms with Crippen molar-refractivity contribution in [3.05, 3.63) is 53.1 Å². The number of piperazine rings is 1. The molecule has 3 rings (SSSR count). The quantitative estimate of drug-likeness (QED) is 0.818. The summed E-state index contributed by atoms with van der Waals surface area (Å²) in [5.41, 5.74) is 2.71. The van der Waals surface area contributed by atoms with Gasteiger partial charge in [0.1, 0.15) is 5.75 Å². The number of para-hydroxylation sites is 1. The van der Waals surface area contributed by atoms with Crippen LogP contribution in [0.1, 0.15) is 12.5 Å². The van der Waals surface area contributed by atoms with Gasteiger partial charge in [0.05, 0.1) is 16.4 Å². The normalized spacial score (nSPS) is 14.9. The lowest BCUT2D eigenvalue weighted by atomic mass is 10.2. The SMILES string of the molecule is CCN1CCN(c2c(Cl)cccc2NC(=O)COc2cccc(C)c2)CC1. The van der Waals surface area contributed by atoms with Crippen LogP contribution in [0.5, 0.6) is 5.75 Å². The zero-order chi connectivity index (χ0) is 19.2. The van der Waals surface area contributed by atoms with Crippen molar-refractivity contribution in [2.45, 2.75) is 13.8 Å². The molecule has 0 saturated carbocycles. The highest BCUT2D eigenvalue weighted by atomic mass is 35.5. The van der Waals surface area contributed by atoms with E-state index in [4.69, 9.17) is 16.3 Å². The summed E-state index contributed by atoms with van der Waals surface area (Å²) in [6.07, 6.45) is 0. The Bertz CT molecular complexity index is 789. The van der Waals surface area contributed by atoms with E-state index in [1.165, 1.54) is 0 Å². The van der Waals surface area contributed by atoms with Crippen molar-refractivity contribution < 1.29 is 9.53 Å². The van der Waals surface area contributed by atoms with Gasteiger partial charge in [-0.2, -0.15) is 0 Å². The van der Waals surface area contributed by atoms with E-state index >= 15 is 0 Å². The summed E-state index contributed by atoms with van der Waals surface area (Å²) in [6, 6.07) is 13.3. The fourth-order valence-corrected chi connectivity index (χ4v) is 3.56. The van der Waals surface area contributed by atoms with Gasteiger partial charge >= 0.3 is 0 Å². The predicted octanol–water partition coefficient (Wildman–Crippen LogP) is 3.81. The molecule has 0 radical (unpaired) electrons. The van der Waals surface area contributed by atoms with Crippen molar-refractivity contribution in [3.63, 3.8) is 0 Å². The Morgan fingerprint density at radius 1 is 1.15 bits per heavy atom. The molecule has 2 aromatic carbocycles. The number of rotatable bonds is 6. The van der Waals surface area contributed by atoms with Crippen LogP contribution in [0.2, 0.25) is 5.02 Å². The molecule has 0 bridgehead atoms. The fourth-order valence-electron chi connectivity index (χ4n) is 3.27. The molecular formula is C21H26ClN3O2. The number of anilines is 2. The molecule has 1 amide bonds. The van der Waals surface area contributed by atoms with E-state index in [1.807, 2.05) is 49.4 Å². The van der Waals surface area contributed by atoms with Gasteiger partial charge in [-0.15, -0.1) is 0 Å². The number of aryl methyl sites for hydroxylation is 1. The average molecular weight is 388 g/mol. The Morgan fingerprint density at radius 2 is 1.89 bits per heavy atom. The molecule has 1 N–H and O–H groups in total. The molecule has 0 aliphatic carbocycles. The highest BCUT2D eigenvalue weighted by Gasteiger charge is 2.21. The standard InChI is InChI=1S/C21H26ClN3O2/c1-3-24-10-12-25(13-11-24)21-18(22)8-5-9-19(21)23-20(26)15-27-17-7-4-6-16(2)14-17/h4-9,14H,3,10-13,15H2,1-2H3,(H,23,26). The maximum atomic E-state index is 12.4. The summed E-state index contributed by atoms with van der Waals surface area (Å²) in [5.74, 6) is 0.486. The van der Waals surface area contributed by atoms with Gasteiger partial charge < -0.3 is 19.9 Å². The maximum Gasteiger partial charge on any atom is 0.262 e. The lowest BCUT2D eigenvalue weighted by Gasteiger charge is -2.36. The molecular weight excluding hydrogens is 362 g/mol. The third kappa shape index (κ3) is 5.15. The molecule has 1 fully saturated rings. The molecule has 1 heterocycles. The first-order chi connectivity index (χ1) is 13.1. The van der Waals surface area contributed by atoms with Crippen LogP contribution in [0.25, 0.3) is 0 Å². The second-order valence-corrected chi connectivity index (χ2v) is 7.12. The number of halogens is 1. The third-order valence-electron chi connectivity index (χ3n) is 4.76. The molecule has 0 atom stereocenters. The van der Waals surface area contributed by atoms with Crippen molar-refractivity contribution in [1.29, 1.82) is 0 Å². The number of amides is 1. The number of hydrogen-bond donors (Lipinski definition) is 1. The molecule has 1 saturated heterocycles. The minimum atomic E-state index is -0.202. The third-order valence-corrected chi connectivity index (χ3v) is 5.06. The number of benzene rings is 2. The van der Waals surface area contributed by atoms with Crippen molar-refractivity contribution in [2.75, 3.05) is 49.5 Å². The highest BCUT2D eigenvalue weighted by Crippen LogP contribution is 2.34. The van der Waals surface area contributed by atoms with Crippen molar-refractivity contribution in [2.24, 2.45) is 0 Å². The van der Waals surface area contributed by atoms with Crippen LogP contribution in [0.4, 0.5) is 11.4 Å². The molecule has 0 aromatic heterocycles. The molecule has 27 heavy (non-hydrogen) atoms. The summed E-state index contributed by atoms with van der Waals surface area (Å²) in [6.45, 7) is 8.93. The number of hydrogen-bond acceptors (Lipinski definition) is 4. The van der Waals surface area contributed by atoms with E-state index in [0.29, 0.717) is 10.8 Å². The van der Waals surface area contributed by atoms with Gasteiger partial charge in [-0.25, -0.2) is 0 Å². The van der Waals surface area contributed by atoms with E-state index < -0.39 is 0 Å². The van der Waals surface area contributed by atoms with Crippen LogP contribution < -0.4 is 15.0 Å². The van der Waals surface area contributed by atoms with Gasteiger partial charge in [0, 0.05) is 26.2 Å². The summed E-state index contributed by atoms with van der Waals surface area (Å²) >= 11 is 6.47. The zero-order valence-corrected chi connectivity index (χ0v) is 16.6. The maximum absolute atomic E-state index is 12.4. The predicted molar refractivity (Wildman–Crippen MR) is 111 cm³/mol. The van der Waals surface area contributed by atoms with E-state index in [2.05, 4.69) is 22.0 Å². The molecule has 144 valence electrons. The Kier molecular flexibility index (Phi) is 6.58. The first-order valence-corrected chi connectivity index (χ1v) is 9.69. The van der Waals surface area contributed by atoms with Crippen LogP contribution in [-0.4, -0.2) is 50.1 Å². The van der Waals surface area contributed by atoms with Gasteiger partial charge in [0.2, 0.25) is 0 Å². The van der Waals surface area contributed by atoms with Crippen LogP contribution >= 0.6 is 11.6 Å². The molecule has 1 aliphatic heterocycles. The molecule has 2 aromatic rings. The molecule has 6 heteroatoms. The topological polar surface area (TPSA) is 44.8 Å².